The number of unbranched alkanes of at least 4 members (excludes halogenated alkanes) is 1. The van der Waals surface area contributed by atoms with Crippen LogP contribution in [0, 0.1) is 6.92 Å². The molecule has 84 valence electrons. The summed E-state index contributed by atoms with van der Waals surface area (Å²) in [4.78, 5) is 13.7. The van der Waals surface area contributed by atoms with Gasteiger partial charge in [0.05, 0.1) is 11.3 Å². The maximum atomic E-state index is 12.0. The smallest absolute Gasteiger partial charge is 0.257 e. The Morgan fingerprint density at radius 2 is 2.27 bits per heavy atom. The van der Waals surface area contributed by atoms with E-state index in [2.05, 4.69) is 12.0 Å². The number of aryl methyl sites for hydroxylation is 2. The first-order valence-corrected chi connectivity index (χ1v) is 5.32. The summed E-state index contributed by atoms with van der Waals surface area (Å²) in [5.41, 5.74) is 1.50. The second kappa shape index (κ2) is 4.96. The van der Waals surface area contributed by atoms with Crippen molar-refractivity contribution in [3.63, 3.8) is 0 Å². The number of hydrogen-bond donors (Lipinski definition) is 0. The molecule has 0 saturated carbocycles. The highest BCUT2D eigenvalue weighted by molar-refractivity contribution is 5.94. The first kappa shape index (κ1) is 11.8. The van der Waals surface area contributed by atoms with E-state index in [1.807, 2.05) is 21.0 Å². The van der Waals surface area contributed by atoms with Gasteiger partial charge in [0.1, 0.15) is 0 Å². The molecule has 0 aliphatic carbocycles. The van der Waals surface area contributed by atoms with Crippen molar-refractivity contribution in [1.82, 2.24) is 14.7 Å². The maximum absolute atomic E-state index is 12.0. The van der Waals surface area contributed by atoms with Gasteiger partial charge in [-0.05, 0) is 13.3 Å². The molecule has 1 rings (SSSR count). The molecule has 0 saturated heterocycles. The zero-order chi connectivity index (χ0) is 11.4. The van der Waals surface area contributed by atoms with E-state index in [-0.39, 0.29) is 5.91 Å². The molecule has 4 heteroatoms. The van der Waals surface area contributed by atoms with E-state index in [1.54, 1.807) is 15.8 Å². The van der Waals surface area contributed by atoms with Gasteiger partial charge in [-0.25, -0.2) is 0 Å². The highest BCUT2D eigenvalue weighted by atomic mass is 16.2. The number of hydrogen-bond acceptors (Lipinski definition) is 2. The van der Waals surface area contributed by atoms with Crippen LogP contribution in [-0.2, 0) is 7.05 Å². The lowest BCUT2D eigenvalue weighted by atomic mass is 10.2. The van der Waals surface area contributed by atoms with E-state index in [1.165, 1.54) is 0 Å². The molecule has 0 radical (unpaired) electrons. The first-order chi connectivity index (χ1) is 7.06. The van der Waals surface area contributed by atoms with Gasteiger partial charge >= 0.3 is 0 Å². The summed E-state index contributed by atoms with van der Waals surface area (Å²) in [7, 11) is 3.67. The van der Waals surface area contributed by atoms with Gasteiger partial charge in [0.2, 0.25) is 0 Å². The number of nitrogens with zero attached hydrogens (tertiary/aromatic N) is 3. The lowest BCUT2D eigenvalue weighted by molar-refractivity contribution is 0.0792. The van der Waals surface area contributed by atoms with Gasteiger partial charge in [-0.2, -0.15) is 5.10 Å². The Morgan fingerprint density at radius 3 is 2.73 bits per heavy atom. The van der Waals surface area contributed by atoms with Crippen molar-refractivity contribution in [2.24, 2.45) is 7.05 Å². The van der Waals surface area contributed by atoms with Crippen molar-refractivity contribution in [1.29, 1.82) is 0 Å². The van der Waals surface area contributed by atoms with Crippen molar-refractivity contribution >= 4 is 5.91 Å². The highest BCUT2D eigenvalue weighted by Gasteiger charge is 2.15. The second-order valence-electron chi connectivity index (χ2n) is 3.88. The zero-order valence-electron chi connectivity index (χ0n) is 9.95. The highest BCUT2D eigenvalue weighted by Crippen LogP contribution is 2.08. The van der Waals surface area contributed by atoms with Crippen LogP contribution in [0.5, 0.6) is 0 Å². The summed E-state index contributed by atoms with van der Waals surface area (Å²) in [6.07, 6.45) is 3.92. The van der Waals surface area contributed by atoms with Crippen LogP contribution in [0.25, 0.3) is 0 Å². The fourth-order valence-corrected chi connectivity index (χ4v) is 1.51. The van der Waals surface area contributed by atoms with Crippen LogP contribution in [-0.4, -0.2) is 34.2 Å². The number of amides is 1. The Hall–Kier alpha value is -1.32. The van der Waals surface area contributed by atoms with Crippen molar-refractivity contribution in [2.75, 3.05) is 13.6 Å². The molecule has 0 fully saturated rings. The summed E-state index contributed by atoms with van der Waals surface area (Å²) in [6, 6.07) is 0. The molecule has 1 amide bonds. The summed E-state index contributed by atoms with van der Waals surface area (Å²) in [6.45, 7) is 4.79. The van der Waals surface area contributed by atoms with Crippen molar-refractivity contribution < 1.29 is 4.79 Å². The minimum atomic E-state index is 0.0639. The van der Waals surface area contributed by atoms with Crippen LogP contribution in [0.1, 0.15) is 35.8 Å². The van der Waals surface area contributed by atoms with Gasteiger partial charge in [-0.1, -0.05) is 13.3 Å². The largest absolute Gasteiger partial charge is 0.342 e. The number of carbonyl (C=O) groups excluding carboxylic acids is 1. The standard InChI is InChI=1S/C11H19N3O/c1-5-6-7-13(3)11(15)10-8-14(4)12-9(10)2/h8H,5-7H2,1-4H3. The maximum Gasteiger partial charge on any atom is 0.257 e. The molecule has 1 heterocycles. The number of rotatable bonds is 4. The normalized spacial score (nSPS) is 10.4. The number of carbonyl (C=O) groups is 1. The Balaban J connectivity index is 2.71. The molecule has 0 aliphatic heterocycles. The van der Waals surface area contributed by atoms with Gasteiger partial charge in [-0.15, -0.1) is 0 Å². The van der Waals surface area contributed by atoms with Crippen molar-refractivity contribution in [2.45, 2.75) is 26.7 Å². The van der Waals surface area contributed by atoms with Crippen molar-refractivity contribution in [3.05, 3.63) is 17.5 Å². The van der Waals surface area contributed by atoms with E-state index in [0.717, 1.165) is 25.1 Å². The third-order valence-electron chi connectivity index (χ3n) is 2.44. The third-order valence-corrected chi connectivity index (χ3v) is 2.44. The fourth-order valence-electron chi connectivity index (χ4n) is 1.51. The first-order valence-electron chi connectivity index (χ1n) is 5.32. The van der Waals surface area contributed by atoms with E-state index in [4.69, 9.17) is 0 Å². The van der Waals surface area contributed by atoms with Crippen LogP contribution >= 0.6 is 0 Å². The van der Waals surface area contributed by atoms with E-state index >= 15 is 0 Å². The average Bonchev–Trinajstić information content (AvgIpc) is 2.53. The zero-order valence-corrected chi connectivity index (χ0v) is 9.95. The van der Waals surface area contributed by atoms with Gasteiger partial charge in [0.15, 0.2) is 0 Å². The molecule has 15 heavy (non-hydrogen) atoms. The molecule has 1 aromatic rings. The average molecular weight is 209 g/mol. The Morgan fingerprint density at radius 1 is 1.60 bits per heavy atom. The van der Waals surface area contributed by atoms with Crippen LogP contribution < -0.4 is 0 Å². The van der Waals surface area contributed by atoms with Gasteiger partial charge in [0.25, 0.3) is 5.91 Å². The van der Waals surface area contributed by atoms with Gasteiger partial charge in [-0.3, -0.25) is 9.48 Å². The Labute approximate surface area is 90.9 Å². The van der Waals surface area contributed by atoms with Gasteiger partial charge < -0.3 is 4.90 Å². The molecule has 4 nitrogen and oxygen atoms in total. The predicted octanol–water partition coefficient (Wildman–Crippen LogP) is 1.60. The molecule has 0 aliphatic rings. The fraction of sp³-hybridized carbons (Fsp3) is 0.636. The lowest BCUT2D eigenvalue weighted by Crippen LogP contribution is -2.27. The van der Waals surface area contributed by atoms with Crippen LogP contribution in [0.15, 0.2) is 6.20 Å². The molecule has 0 unspecified atom stereocenters. The molecular formula is C11H19N3O. The molecular weight excluding hydrogens is 190 g/mol. The molecule has 0 aromatic carbocycles. The third kappa shape index (κ3) is 2.81. The quantitative estimate of drug-likeness (QED) is 0.755. The molecule has 0 spiro atoms. The summed E-state index contributed by atoms with van der Waals surface area (Å²) >= 11 is 0. The monoisotopic (exact) mass is 209 g/mol. The molecule has 0 N–H and O–H groups in total. The Kier molecular flexibility index (Phi) is 3.88. The summed E-state index contributed by atoms with van der Waals surface area (Å²) in [5.74, 6) is 0.0639. The molecule has 0 bridgehead atoms. The van der Waals surface area contributed by atoms with Crippen LogP contribution in [0.4, 0.5) is 0 Å². The number of aromatic nitrogens is 2. The minimum Gasteiger partial charge on any atom is -0.342 e. The molecule has 0 atom stereocenters. The Bertz CT molecular complexity index is 344. The summed E-state index contributed by atoms with van der Waals surface area (Å²) in [5, 5.41) is 4.16. The van der Waals surface area contributed by atoms with E-state index < -0.39 is 0 Å². The summed E-state index contributed by atoms with van der Waals surface area (Å²) < 4.78 is 1.68. The molecule has 1 aromatic heterocycles. The van der Waals surface area contributed by atoms with Crippen LogP contribution in [0.3, 0.4) is 0 Å². The van der Waals surface area contributed by atoms with E-state index in [9.17, 15) is 4.79 Å². The van der Waals surface area contributed by atoms with Crippen LogP contribution in [0.2, 0.25) is 0 Å². The topological polar surface area (TPSA) is 38.1 Å². The lowest BCUT2D eigenvalue weighted by Gasteiger charge is -2.15. The second-order valence-corrected chi connectivity index (χ2v) is 3.88. The van der Waals surface area contributed by atoms with Crippen molar-refractivity contribution in [3.8, 4) is 0 Å². The van der Waals surface area contributed by atoms with E-state index in [0.29, 0.717) is 5.56 Å². The predicted molar refractivity (Wildman–Crippen MR) is 59.8 cm³/mol. The SMILES string of the molecule is CCCCN(C)C(=O)c1cn(C)nc1C. The van der Waals surface area contributed by atoms with Gasteiger partial charge in [0, 0.05) is 26.8 Å². The minimum absolute atomic E-state index is 0.0639.